The number of hydrogen-bond acceptors (Lipinski definition) is 4. The number of ether oxygens (including phenoxy) is 1. The number of carbonyl (C=O) groups is 1. The number of carbonyl (C=O) groups excluding carboxylic acids is 1. The Hall–Kier alpha value is -2.18. The zero-order valence-electron chi connectivity index (χ0n) is 13.8. The first kappa shape index (κ1) is 17.6. The fourth-order valence-electron chi connectivity index (χ4n) is 2.37. The molecule has 1 heterocycles. The molecule has 3 nitrogen and oxygen atoms in total. The Morgan fingerprint density at radius 3 is 2.72 bits per heavy atom. The van der Waals surface area contributed by atoms with Gasteiger partial charge in [-0.05, 0) is 31.2 Å². The van der Waals surface area contributed by atoms with Gasteiger partial charge in [0, 0.05) is 18.2 Å². The molecule has 0 aromatic heterocycles. The van der Waals surface area contributed by atoms with Crippen LogP contribution in [-0.2, 0) is 11.4 Å². The molecule has 1 amide bonds. The molecule has 1 fully saturated rings. The SMILES string of the molecule is Cc1ccc(OCc2ccccc2F)c(/C=C2\SC(=S)N(C)C2=O)c1. The van der Waals surface area contributed by atoms with Gasteiger partial charge in [-0.2, -0.15) is 0 Å². The van der Waals surface area contributed by atoms with E-state index in [1.165, 1.54) is 22.7 Å². The van der Waals surface area contributed by atoms with Crippen LogP contribution in [0.2, 0.25) is 0 Å². The number of halogens is 1. The van der Waals surface area contributed by atoms with E-state index in [1.807, 2.05) is 25.1 Å². The van der Waals surface area contributed by atoms with E-state index in [4.69, 9.17) is 17.0 Å². The number of benzene rings is 2. The van der Waals surface area contributed by atoms with Gasteiger partial charge in [0.2, 0.25) is 0 Å². The van der Waals surface area contributed by atoms with Crippen LogP contribution in [0.4, 0.5) is 4.39 Å². The Morgan fingerprint density at radius 2 is 2.04 bits per heavy atom. The lowest BCUT2D eigenvalue weighted by molar-refractivity contribution is -0.121. The third-order valence-corrected chi connectivity index (χ3v) is 5.26. The van der Waals surface area contributed by atoms with Gasteiger partial charge in [-0.1, -0.05) is 53.8 Å². The molecule has 2 aromatic carbocycles. The van der Waals surface area contributed by atoms with Crippen LogP contribution in [-0.4, -0.2) is 22.2 Å². The largest absolute Gasteiger partial charge is 0.488 e. The van der Waals surface area contributed by atoms with Crippen LogP contribution >= 0.6 is 24.0 Å². The van der Waals surface area contributed by atoms with Gasteiger partial charge in [0.15, 0.2) is 0 Å². The van der Waals surface area contributed by atoms with Crippen molar-refractivity contribution in [1.29, 1.82) is 0 Å². The molecule has 2 aromatic rings. The van der Waals surface area contributed by atoms with Gasteiger partial charge in [-0.15, -0.1) is 0 Å². The molecule has 0 unspecified atom stereocenters. The number of thiocarbonyl (C=S) groups is 1. The molecule has 0 radical (unpaired) electrons. The molecule has 1 saturated heterocycles. The van der Waals surface area contributed by atoms with E-state index < -0.39 is 0 Å². The van der Waals surface area contributed by atoms with Crippen molar-refractivity contribution in [3.05, 3.63) is 69.9 Å². The van der Waals surface area contributed by atoms with Crippen molar-refractivity contribution in [2.45, 2.75) is 13.5 Å². The summed E-state index contributed by atoms with van der Waals surface area (Å²) in [5.41, 5.74) is 2.29. The number of nitrogens with zero attached hydrogens (tertiary/aromatic N) is 1. The van der Waals surface area contributed by atoms with Gasteiger partial charge in [0.1, 0.15) is 22.5 Å². The highest BCUT2D eigenvalue weighted by Crippen LogP contribution is 2.33. The zero-order chi connectivity index (χ0) is 18.0. The third-order valence-electron chi connectivity index (χ3n) is 3.78. The quantitative estimate of drug-likeness (QED) is 0.581. The van der Waals surface area contributed by atoms with E-state index in [1.54, 1.807) is 31.3 Å². The Labute approximate surface area is 155 Å². The number of likely N-dealkylation sites (N-methyl/N-ethyl adjacent to an activating group) is 1. The summed E-state index contributed by atoms with van der Waals surface area (Å²) in [5.74, 6) is 0.162. The molecule has 0 N–H and O–H groups in total. The van der Waals surface area contributed by atoms with E-state index in [0.29, 0.717) is 20.5 Å². The lowest BCUT2D eigenvalue weighted by Crippen LogP contribution is -2.22. The first-order valence-corrected chi connectivity index (χ1v) is 8.86. The van der Waals surface area contributed by atoms with Gasteiger partial charge in [-0.25, -0.2) is 4.39 Å². The zero-order valence-corrected chi connectivity index (χ0v) is 15.4. The summed E-state index contributed by atoms with van der Waals surface area (Å²) in [6.45, 7) is 2.08. The Morgan fingerprint density at radius 1 is 1.28 bits per heavy atom. The lowest BCUT2D eigenvalue weighted by atomic mass is 10.1. The molecule has 1 aliphatic rings. The Balaban J connectivity index is 1.88. The Kier molecular flexibility index (Phi) is 5.20. The highest BCUT2D eigenvalue weighted by Gasteiger charge is 2.28. The van der Waals surface area contributed by atoms with E-state index >= 15 is 0 Å². The third kappa shape index (κ3) is 3.91. The van der Waals surface area contributed by atoms with Gasteiger partial charge in [0.05, 0.1) is 4.91 Å². The monoisotopic (exact) mass is 373 g/mol. The molecule has 3 rings (SSSR count). The minimum Gasteiger partial charge on any atom is -0.488 e. The van der Waals surface area contributed by atoms with E-state index in [-0.39, 0.29) is 18.3 Å². The predicted molar refractivity (Wildman–Crippen MR) is 103 cm³/mol. The van der Waals surface area contributed by atoms with Crippen LogP contribution in [0, 0.1) is 12.7 Å². The molecule has 128 valence electrons. The van der Waals surface area contributed by atoms with Crippen molar-refractivity contribution < 1.29 is 13.9 Å². The van der Waals surface area contributed by atoms with E-state index in [2.05, 4.69) is 0 Å². The van der Waals surface area contributed by atoms with Crippen LogP contribution < -0.4 is 4.74 Å². The van der Waals surface area contributed by atoms with Crippen molar-refractivity contribution >= 4 is 40.3 Å². The molecule has 0 bridgehead atoms. The number of rotatable bonds is 4. The van der Waals surface area contributed by atoms with Crippen molar-refractivity contribution in [2.24, 2.45) is 0 Å². The van der Waals surface area contributed by atoms with Crippen molar-refractivity contribution in [1.82, 2.24) is 4.90 Å². The van der Waals surface area contributed by atoms with Crippen LogP contribution in [0.15, 0.2) is 47.4 Å². The molecule has 0 aliphatic carbocycles. The van der Waals surface area contributed by atoms with Crippen molar-refractivity contribution in [3.63, 3.8) is 0 Å². The average molecular weight is 373 g/mol. The van der Waals surface area contributed by atoms with Gasteiger partial charge < -0.3 is 4.74 Å². The molecule has 25 heavy (non-hydrogen) atoms. The number of thioether (sulfide) groups is 1. The maximum absolute atomic E-state index is 13.8. The van der Waals surface area contributed by atoms with Gasteiger partial charge in [-0.3, -0.25) is 9.69 Å². The molecule has 0 spiro atoms. The smallest absolute Gasteiger partial charge is 0.265 e. The molecule has 0 saturated carbocycles. The van der Waals surface area contributed by atoms with Crippen molar-refractivity contribution in [2.75, 3.05) is 7.05 Å². The highest BCUT2D eigenvalue weighted by atomic mass is 32.2. The molecule has 0 atom stereocenters. The number of hydrogen-bond donors (Lipinski definition) is 0. The molecule has 6 heteroatoms. The van der Waals surface area contributed by atoms with Crippen LogP contribution in [0.25, 0.3) is 6.08 Å². The summed E-state index contributed by atoms with van der Waals surface area (Å²) in [6, 6.07) is 12.2. The minimum atomic E-state index is -0.303. The van der Waals surface area contributed by atoms with Crippen LogP contribution in [0.1, 0.15) is 16.7 Å². The summed E-state index contributed by atoms with van der Waals surface area (Å²) < 4.78 is 20.1. The summed E-state index contributed by atoms with van der Waals surface area (Å²) in [4.78, 5) is 14.2. The minimum absolute atomic E-state index is 0.116. The lowest BCUT2D eigenvalue weighted by Gasteiger charge is -2.11. The Bertz CT molecular complexity index is 879. The highest BCUT2D eigenvalue weighted by molar-refractivity contribution is 8.26. The van der Waals surface area contributed by atoms with E-state index in [9.17, 15) is 9.18 Å². The summed E-state index contributed by atoms with van der Waals surface area (Å²) in [6.07, 6.45) is 1.77. The molecular weight excluding hydrogens is 357 g/mol. The standard InChI is InChI=1S/C19H16FNO2S2/c1-12-7-8-16(23-11-13-5-3-4-6-15(13)20)14(9-12)10-17-18(22)21(2)19(24)25-17/h3-10H,11H2,1-2H3/b17-10-. The second kappa shape index (κ2) is 7.37. The average Bonchev–Trinajstić information content (AvgIpc) is 2.82. The fourth-order valence-corrected chi connectivity index (χ4v) is 3.54. The normalized spacial score (nSPS) is 16.0. The van der Waals surface area contributed by atoms with Crippen LogP contribution in [0.5, 0.6) is 5.75 Å². The first-order valence-electron chi connectivity index (χ1n) is 7.64. The second-order valence-corrected chi connectivity index (χ2v) is 7.34. The van der Waals surface area contributed by atoms with Crippen LogP contribution in [0.3, 0.4) is 0 Å². The summed E-state index contributed by atoms with van der Waals surface area (Å²) in [7, 11) is 1.66. The van der Waals surface area contributed by atoms with Gasteiger partial charge in [0.25, 0.3) is 5.91 Å². The fraction of sp³-hybridized carbons (Fsp3) is 0.158. The topological polar surface area (TPSA) is 29.5 Å². The summed E-state index contributed by atoms with van der Waals surface area (Å²) >= 11 is 6.42. The van der Waals surface area contributed by atoms with E-state index in [0.717, 1.165) is 11.1 Å². The van der Waals surface area contributed by atoms with Crippen molar-refractivity contribution in [3.8, 4) is 5.75 Å². The predicted octanol–water partition coefficient (Wildman–Crippen LogP) is 4.54. The number of amides is 1. The maximum atomic E-state index is 13.8. The van der Waals surface area contributed by atoms with Gasteiger partial charge >= 0.3 is 0 Å². The number of aryl methyl sites for hydroxylation is 1. The summed E-state index contributed by atoms with van der Waals surface area (Å²) in [5, 5.41) is 0. The second-order valence-electron chi connectivity index (χ2n) is 5.66. The molecular formula is C19H16FNO2S2. The molecule has 1 aliphatic heterocycles. The first-order chi connectivity index (χ1) is 12.0. The maximum Gasteiger partial charge on any atom is 0.265 e.